The predicted molar refractivity (Wildman–Crippen MR) is 83.8 cm³/mol. The lowest BCUT2D eigenvalue weighted by Gasteiger charge is -2.20. The minimum Gasteiger partial charge on any atom is -0.364 e. The van der Waals surface area contributed by atoms with Gasteiger partial charge in [-0.3, -0.25) is 4.68 Å². The summed E-state index contributed by atoms with van der Waals surface area (Å²) in [6, 6.07) is 1.97. The zero-order valence-corrected chi connectivity index (χ0v) is 13.2. The number of anilines is 2. The maximum Gasteiger partial charge on any atom is 0.148 e. The molecule has 0 bridgehead atoms. The Bertz CT molecular complexity index is 625. The predicted octanol–water partition coefficient (Wildman–Crippen LogP) is 1.71. The highest BCUT2D eigenvalue weighted by Gasteiger charge is 2.21. The summed E-state index contributed by atoms with van der Waals surface area (Å²) in [6.45, 7) is 8.80. The zero-order chi connectivity index (χ0) is 15.6. The van der Waals surface area contributed by atoms with Gasteiger partial charge in [-0.2, -0.15) is 5.10 Å². The summed E-state index contributed by atoms with van der Waals surface area (Å²) in [5.41, 5.74) is 4.47. The maximum atomic E-state index is 5.56. The van der Waals surface area contributed by atoms with Crippen LogP contribution in [0.2, 0.25) is 0 Å². The van der Waals surface area contributed by atoms with E-state index in [0.717, 1.165) is 22.9 Å². The Morgan fingerprint density at radius 1 is 1.24 bits per heavy atom. The maximum absolute atomic E-state index is 5.56. The Hall–Kier alpha value is -2.15. The van der Waals surface area contributed by atoms with Crippen molar-refractivity contribution >= 4 is 11.6 Å². The zero-order valence-electron chi connectivity index (χ0n) is 13.2. The van der Waals surface area contributed by atoms with Gasteiger partial charge in [-0.05, 0) is 13.0 Å². The van der Waals surface area contributed by atoms with Crippen molar-refractivity contribution in [2.75, 3.05) is 10.7 Å². The van der Waals surface area contributed by atoms with Crippen molar-refractivity contribution in [1.82, 2.24) is 19.7 Å². The summed E-state index contributed by atoms with van der Waals surface area (Å²) in [5, 5.41) is 7.49. The summed E-state index contributed by atoms with van der Waals surface area (Å²) in [6.07, 6.45) is 1.78. The average Bonchev–Trinajstić information content (AvgIpc) is 2.82. The van der Waals surface area contributed by atoms with Gasteiger partial charge in [0.15, 0.2) is 0 Å². The van der Waals surface area contributed by atoms with Crippen LogP contribution in [0.25, 0.3) is 0 Å². The second-order valence-corrected chi connectivity index (χ2v) is 6.06. The van der Waals surface area contributed by atoms with Gasteiger partial charge < -0.3 is 10.7 Å². The molecule has 114 valence electrons. The summed E-state index contributed by atoms with van der Waals surface area (Å²) in [4.78, 5) is 9.11. The average molecular weight is 289 g/mol. The normalized spacial score (nSPS) is 11.5. The molecule has 0 fully saturated rings. The molecule has 2 heterocycles. The van der Waals surface area contributed by atoms with Crippen LogP contribution in [0.3, 0.4) is 0 Å². The van der Waals surface area contributed by atoms with Crippen LogP contribution in [0.1, 0.15) is 37.9 Å². The van der Waals surface area contributed by atoms with Gasteiger partial charge in [-0.15, -0.1) is 0 Å². The molecule has 0 aliphatic rings. The second-order valence-electron chi connectivity index (χ2n) is 6.06. The standard InChI is InChI=1S/C14H23N7/c1-9-11(16-8-10-6-7-17-21(10)5)18-13(14(2,3)4)19-12(9)20-15/h6-7H,8,15H2,1-5H3,(H2,16,18,19,20). The van der Waals surface area contributed by atoms with Crippen LogP contribution in [0, 0.1) is 6.92 Å². The van der Waals surface area contributed by atoms with E-state index in [1.807, 2.05) is 24.7 Å². The van der Waals surface area contributed by atoms with Gasteiger partial charge in [0.2, 0.25) is 0 Å². The van der Waals surface area contributed by atoms with Crippen molar-refractivity contribution in [2.24, 2.45) is 12.9 Å². The van der Waals surface area contributed by atoms with Crippen molar-refractivity contribution in [3.05, 3.63) is 29.3 Å². The van der Waals surface area contributed by atoms with Crippen molar-refractivity contribution in [1.29, 1.82) is 0 Å². The van der Waals surface area contributed by atoms with Crippen LogP contribution in [0.4, 0.5) is 11.6 Å². The lowest BCUT2D eigenvalue weighted by Crippen LogP contribution is -2.21. The molecule has 0 aromatic carbocycles. The number of rotatable bonds is 4. The molecule has 2 rings (SSSR count). The third-order valence-electron chi connectivity index (χ3n) is 3.31. The van der Waals surface area contributed by atoms with Crippen molar-refractivity contribution in [2.45, 2.75) is 39.7 Å². The van der Waals surface area contributed by atoms with E-state index in [1.54, 1.807) is 6.20 Å². The molecule has 0 unspecified atom stereocenters. The minimum absolute atomic E-state index is 0.151. The Labute approximate surface area is 124 Å². The van der Waals surface area contributed by atoms with Gasteiger partial charge in [-0.1, -0.05) is 20.8 Å². The number of hydrazine groups is 1. The molecule has 7 nitrogen and oxygen atoms in total. The van der Waals surface area contributed by atoms with Crippen LogP contribution >= 0.6 is 0 Å². The smallest absolute Gasteiger partial charge is 0.148 e. The summed E-state index contributed by atoms with van der Waals surface area (Å²) in [7, 11) is 1.91. The van der Waals surface area contributed by atoms with Gasteiger partial charge in [-0.25, -0.2) is 15.8 Å². The molecule has 0 aliphatic heterocycles. The Balaban J connectivity index is 2.31. The number of hydrogen-bond donors (Lipinski definition) is 3. The van der Waals surface area contributed by atoms with Crippen LogP contribution in [0.5, 0.6) is 0 Å². The highest BCUT2D eigenvalue weighted by Crippen LogP contribution is 2.26. The monoisotopic (exact) mass is 289 g/mol. The number of nitrogens with one attached hydrogen (secondary N) is 2. The van der Waals surface area contributed by atoms with Gasteiger partial charge in [0.25, 0.3) is 0 Å². The molecule has 0 radical (unpaired) electrons. The Morgan fingerprint density at radius 3 is 2.43 bits per heavy atom. The topological polar surface area (TPSA) is 93.7 Å². The largest absolute Gasteiger partial charge is 0.364 e. The van der Waals surface area contributed by atoms with Crippen LogP contribution in [-0.2, 0) is 19.0 Å². The van der Waals surface area contributed by atoms with Gasteiger partial charge in [0.05, 0.1) is 12.2 Å². The molecule has 0 aliphatic carbocycles. The Morgan fingerprint density at radius 2 is 1.90 bits per heavy atom. The molecule has 0 spiro atoms. The van der Waals surface area contributed by atoms with Gasteiger partial charge in [0, 0.05) is 24.2 Å². The van der Waals surface area contributed by atoms with Crippen LogP contribution < -0.4 is 16.6 Å². The van der Waals surface area contributed by atoms with E-state index >= 15 is 0 Å². The fraction of sp³-hybridized carbons (Fsp3) is 0.500. The first kappa shape index (κ1) is 15.2. The molecule has 0 amide bonds. The minimum atomic E-state index is -0.151. The summed E-state index contributed by atoms with van der Waals surface area (Å²) < 4.78 is 1.83. The molecule has 0 saturated heterocycles. The first-order valence-corrected chi connectivity index (χ1v) is 6.89. The number of hydrogen-bond acceptors (Lipinski definition) is 6. The number of aryl methyl sites for hydroxylation is 1. The first-order chi connectivity index (χ1) is 9.82. The highest BCUT2D eigenvalue weighted by molar-refractivity contribution is 5.57. The number of aromatic nitrogens is 4. The molecule has 2 aromatic rings. The third kappa shape index (κ3) is 3.30. The van der Waals surface area contributed by atoms with E-state index in [0.29, 0.717) is 12.4 Å². The van der Waals surface area contributed by atoms with E-state index in [2.05, 4.69) is 46.6 Å². The van der Waals surface area contributed by atoms with Gasteiger partial charge >= 0.3 is 0 Å². The third-order valence-corrected chi connectivity index (χ3v) is 3.31. The molecule has 4 N–H and O–H groups in total. The molecular formula is C14H23N7. The van der Waals surface area contributed by atoms with Crippen LogP contribution in [-0.4, -0.2) is 19.7 Å². The molecule has 0 atom stereocenters. The molecule has 21 heavy (non-hydrogen) atoms. The second kappa shape index (κ2) is 5.69. The number of nitrogen functional groups attached to an aromatic ring is 1. The van der Waals surface area contributed by atoms with E-state index in [-0.39, 0.29) is 5.41 Å². The number of nitrogens with zero attached hydrogens (tertiary/aromatic N) is 4. The van der Waals surface area contributed by atoms with Crippen molar-refractivity contribution < 1.29 is 0 Å². The SMILES string of the molecule is Cc1c(NN)nc(C(C)(C)C)nc1NCc1ccnn1C. The van der Waals surface area contributed by atoms with Crippen molar-refractivity contribution in [3.63, 3.8) is 0 Å². The fourth-order valence-corrected chi connectivity index (χ4v) is 1.91. The molecule has 0 saturated carbocycles. The quantitative estimate of drug-likeness (QED) is 0.586. The van der Waals surface area contributed by atoms with E-state index in [9.17, 15) is 0 Å². The Kier molecular flexibility index (Phi) is 4.13. The summed E-state index contributed by atoms with van der Waals surface area (Å²) in [5.74, 6) is 7.73. The lowest BCUT2D eigenvalue weighted by molar-refractivity contribution is 0.546. The first-order valence-electron chi connectivity index (χ1n) is 6.89. The molecule has 2 aromatic heterocycles. The van der Waals surface area contributed by atoms with Crippen LogP contribution in [0.15, 0.2) is 12.3 Å². The van der Waals surface area contributed by atoms with E-state index in [1.165, 1.54) is 0 Å². The lowest BCUT2D eigenvalue weighted by atomic mass is 9.95. The molecular weight excluding hydrogens is 266 g/mol. The summed E-state index contributed by atoms with van der Waals surface area (Å²) >= 11 is 0. The van der Waals surface area contributed by atoms with E-state index < -0.39 is 0 Å². The highest BCUT2D eigenvalue weighted by atomic mass is 15.3. The molecule has 7 heteroatoms. The number of nitrogens with two attached hydrogens (primary N) is 1. The fourth-order valence-electron chi connectivity index (χ4n) is 1.91. The van der Waals surface area contributed by atoms with E-state index in [4.69, 9.17) is 5.84 Å². The van der Waals surface area contributed by atoms with Crippen molar-refractivity contribution in [3.8, 4) is 0 Å². The van der Waals surface area contributed by atoms with Gasteiger partial charge in [0.1, 0.15) is 17.5 Å².